The van der Waals surface area contributed by atoms with Gasteiger partial charge >= 0.3 is 6.09 Å². The van der Waals surface area contributed by atoms with Gasteiger partial charge < -0.3 is 20.5 Å². The summed E-state index contributed by atoms with van der Waals surface area (Å²) in [5.74, 6) is 1.21. The first-order valence-corrected chi connectivity index (χ1v) is 12.4. The van der Waals surface area contributed by atoms with Gasteiger partial charge in [-0.1, -0.05) is 38.8 Å². The molecule has 6 heteroatoms. The number of hydrogen-bond donors (Lipinski definition) is 4. The average Bonchev–Trinajstić information content (AvgIpc) is 2.80. The van der Waals surface area contributed by atoms with Crippen molar-refractivity contribution in [3.63, 3.8) is 0 Å². The third kappa shape index (κ3) is 4.17. The van der Waals surface area contributed by atoms with E-state index < -0.39 is 6.09 Å². The van der Waals surface area contributed by atoms with Crippen LogP contribution >= 0.6 is 0 Å². The van der Waals surface area contributed by atoms with Crippen LogP contribution in [0.4, 0.5) is 21.9 Å². The number of fused-ring (bicyclic) bond motifs is 1. The maximum atomic E-state index is 12.2. The Morgan fingerprint density at radius 1 is 1.18 bits per heavy atom. The maximum Gasteiger partial charge on any atom is 0.411 e. The van der Waals surface area contributed by atoms with Gasteiger partial charge in [-0.25, -0.2) is 4.79 Å². The maximum absolute atomic E-state index is 12.2. The van der Waals surface area contributed by atoms with Crippen LogP contribution in [0.5, 0.6) is 5.75 Å². The summed E-state index contributed by atoms with van der Waals surface area (Å²) in [6.45, 7) is 5.43. The lowest BCUT2D eigenvalue weighted by Crippen LogP contribution is -2.59. The topological polar surface area (TPSA) is 82.6 Å². The number of benzene rings is 2. The lowest BCUT2D eigenvalue weighted by molar-refractivity contribution is 0.0796. The lowest BCUT2D eigenvalue weighted by Gasteiger charge is -2.56. The monoisotopic (exact) mass is 449 g/mol. The van der Waals surface area contributed by atoms with Crippen molar-refractivity contribution in [3.05, 3.63) is 47.5 Å². The lowest BCUT2D eigenvalue weighted by atomic mass is 9.53. The van der Waals surface area contributed by atoms with Gasteiger partial charge in [0.25, 0.3) is 0 Å². The van der Waals surface area contributed by atoms with Gasteiger partial charge in [0.05, 0.1) is 23.7 Å². The second-order valence-electron chi connectivity index (χ2n) is 10.3. The predicted molar refractivity (Wildman–Crippen MR) is 131 cm³/mol. The largest absolute Gasteiger partial charge is 0.506 e. The van der Waals surface area contributed by atoms with Crippen LogP contribution in [0.25, 0.3) is 0 Å². The van der Waals surface area contributed by atoms with Gasteiger partial charge in [0.15, 0.2) is 0 Å². The molecule has 2 bridgehead atoms. The molecule has 6 nitrogen and oxygen atoms in total. The van der Waals surface area contributed by atoms with E-state index in [1.54, 1.807) is 0 Å². The van der Waals surface area contributed by atoms with Crippen molar-refractivity contribution in [2.45, 2.75) is 63.8 Å². The summed E-state index contributed by atoms with van der Waals surface area (Å²) in [5.41, 5.74) is 4.90. The first-order valence-electron chi connectivity index (χ1n) is 12.4. The fourth-order valence-corrected chi connectivity index (χ4v) is 6.31. The number of ether oxygens (including phenoxy) is 1. The molecule has 0 radical (unpaired) electrons. The zero-order valence-corrected chi connectivity index (χ0v) is 19.6. The number of phenolic OH excluding ortho intramolecular Hbond substituents is 1. The van der Waals surface area contributed by atoms with Crippen LogP contribution in [0.3, 0.4) is 0 Å². The second kappa shape index (κ2) is 8.90. The normalized spacial score (nSPS) is 25.7. The van der Waals surface area contributed by atoms with Gasteiger partial charge in [-0.15, -0.1) is 0 Å². The quantitative estimate of drug-likeness (QED) is 0.441. The van der Waals surface area contributed by atoms with E-state index >= 15 is 0 Å². The SMILES string of the molecule is CC(C)COC(=O)Nc1ccccc1Nc1cc2c(cc1O)[C@]13CCCC[C@@H]1[C@H](C2)NCC3. The highest BCUT2D eigenvalue weighted by Crippen LogP contribution is 2.55. The summed E-state index contributed by atoms with van der Waals surface area (Å²) in [4.78, 5) is 12.2. The summed E-state index contributed by atoms with van der Waals surface area (Å²) in [5, 5.41) is 21.0. The van der Waals surface area contributed by atoms with E-state index in [1.165, 1.54) is 36.8 Å². The molecule has 0 aromatic heterocycles. The molecule has 176 valence electrons. The first-order chi connectivity index (χ1) is 16.0. The molecule has 1 saturated heterocycles. The summed E-state index contributed by atoms with van der Waals surface area (Å²) in [7, 11) is 0. The third-order valence-corrected chi connectivity index (χ3v) is 7.74. The molecular weight excluding hydrogens is 414 g/mol. The number of para-hydroxylation sites is 2. The molecule has 3 aliphatic rings. The Morgan fingerprint density at radius 2 is 2.00 bits per heavy atom. The highest BCUT2D eigenvalue weighted by atomic mass is 16.5. The Kier molecular flexibility index (Phi) is 5.95. The number of carbonyl (C=O) groups excluding carboxylic acids is 1. The molecule has 1 heterocycles. The summed E-state index contributed by atoms with van der Waals surface area (Å²) in [6, 6.07) is 12.1. The van der Waals surface area contributed by atoms with Crippen molar-refractivity contribution in [2.24, 2.45) is 11.8 Å². The highest BCUT2D eigenvalue weighted by molar-refractivity contribution is 5.91. The molecule has 1 saturated carbocycles. The summed E-state index contributed by atoms with van der Waals surface area (Å²) < 4.78 is 5.27. The number of amides is 1. The molecule has 2 aliphatic carbocycles. The van der Waals surface area contributed by atoms with Crippen molar-refractivity contribution in [3.8, 4) is 5.75 Å². The predicted octanol–water partition coefficient (Wildman–Crippen LogP) is 5.69. The van der Waals surface area contributed by atoms with Crippen molar-refractivity contribution < 1.29 is 14.6 Å². The van der Waals surface area contributed by atoms with Crippen LogP contribution in [0, 0.1) is 11.8 Å². The number of aromatic hydroxyl groups is 1. The zero-order chi connectivity index (χ0) is 23.0. The van der Waals surface area contributed by atoms with Crippen LogP contribution in [-0.2, 0) is 16.6 Å². The average molecular weight is 450 g/mol. The Balaban J connectivity index is 1.42. The molecule has 2 fully saturated rings. The van der Waals surface area contributed by atoms with E-state index in [4.69, 9.17) is 4.74 Å². The van der Waals surface area contributed by atoms with E-state index in [0.29, 0.717) is 29.9 Å². The molecule has 1 amide bonds. The molecule has 0 unspecified atom stereocenters. The molecule has 33 heavy (non-hydrogen) atoms. The molecule has 0 spiro atoms. The van der Waals surface area contributed by atoms with E-state index in [2.05, 4.69) is 22.0 Å². The Labute approximate surface area is 196 Å². The summed E-state index contributed by atoms with van der Waals surface area (Å²) in [6.07, 6.45) is 6.76. The molecule has 1 aliphatic heterocycles. The van der Waals surface area contributed by atoms with Crippen LogP contribution in [0.15, 0.2) is 36.4 Å². The van der Waals surface area contributed by atoms with E-state index in [-0.39, 0.29) is 17.1 Å². The number of carbonyl (C=O) groups is 1. The van der Waals surface area contributed by atoms with Gasteiger partial charge in [-0.3, -0.25) is 5.32 Å². The highest BCUT2D eigenvalue weighted by Gasteiger charge is 2.51. The number of hydrogen-bond acceptors (Lipinski definition) is 5. The summed E-state index contributed by atoms with van der Waals surface area (Å²) >= 11 is 0. The minimum atomic E-state index is -0.478. The van der Waals surface area contributed by atoms with Crippen LogP contribution in [-0.4, -0.2) is 30.4 Å². The molecule has 5 rings (SSSR count). The van der Waals surface area contributed by atoms with Crippen LogP contribution in [0.1, 0.15) is 57.1 Å². The van der Waals surface area contributed by atoms with E-state index in [0.717, 1.165) is 25.1 Å². The second-order valence-corrected chi connectivity index (χ2v) is 10.3. The Hall–Kier alpha value is -2.73. The first kappa shape index (κ1) is 22.1. The van der Waals surface area contributed by atoms with Gasteiger partial charge in [-0.2, -0.15) is 0 Å². The van der Waals surface area contributed by atoms with Crippen molar-refractivity contribution in [2.75, 3.05) is 23.8 Å². The third-order valence-electron chi connectivity index (χ3n) is 7.74. The minimum Gasteiger partial charge on any atom is -0.506 e. The van der Waals surface area contributed by atoms with Crippen molar-refractivity contribution in [1.82, 2.24) is 5.32 Å². The molecular formula is C27H35N3O3. The molecule has 2 aromatic rings. The van der Waals surface area contributed by atoms with Gasteiger partial charge in [0.1, 0.15) is 5.75 Å². The van der Waals surface area contributed by atoms with Crippen molar-refractivity contribution in [1.29, 1.82) is 0 Å². The standard InChI is InChI=1S/C27H35N3O3/c1-17(2)16-33-26(32)30-22-9-4-3-8-21(22)29-24-14-18-13-23-19-7-5-6-10-27(19,11-12-28-23)20(18)15-25(24)31/h3-4,8-9,14-15,17,19,23,28-29,31H,5-7,10-13,16H2,1-2H3,(H,30,32)/t19-,23+,27+/m1/s1. The van der Waals surface area contributed by atoms with E-state index in [1.807, 2.05) is 44.2 Å². The smallest absolute Gasteiger partial charge is 0.411 e. The zero-order valence-electron chi connectivity index (χ0n) is 19.6. The Morgan fingerprint density at radius 3 is 2.82 bits per heavy atom. The number of anilines is 3. The molecule has 3 atom stereocenters. The fraction of sp³-hybridized carbons (Fsp3) is 0.519. The molecule has 4 N–H and O–H groups in total. The Bertz CT molecular complexity index is 1030. The number of phenols is 1. The van der Waals surface area contributed by atoms with Gasteiger partial charge in [0.2, 0.25) is 0 Å². The van der Waals surface area contributed by atoms with Gasteiger partial charge in [-0.05, 0) is 79.5 Å². The molecule has 2 aromatic carbocycles. The number of rotatable bonds is 5. The number of piperidine rings is 1. The van der Waals surface area contributed by atoms with Crippen molar-refractivity contribution >= 4 is 23.2 Å². The minimum absolute atomic E-state index is 0.206. The van der Waals surface area contributed by atoms with E-state index in [9.17, 15) is 9.90 Å². The fourth-order valence-electron chi connectivity index (χ4n) is 6.31. The van der Waals surface area contributed by atoms with Gasteiger partial charge in [0, 0.05) is 11.5 Å². The number of nitrogens with one attached hydrogen (secondary N) is 3. The van der Waals surface area contributed by atoms with Crippen LogP contribution < -0.4 is 16.0 Å². The van der Waals surface area contributed by atoms with Crippen LogP contribution in [0.2, 0.25) is 0 Å².